The molecule has 3 aromatic rings. The van der Waals surface area contributed by atoms with E-state index in [0.717, 1.165) is 6.07 Å². The topological polar surface area (TPSA) is 137 Å². The molecule has 0 aliphatic heterocycles. The van der Waals surface area contributed by atoms with Crippen molar-refractivity contribution in [2.75, 3.05) is 13.2 Å². The van der Waals surface area contributed by atoms with Crippen molar-refractivity contribution in [2.24, 2.45) is 0 Å². The van der Waals surface area contributed by atoms with E-state index >= 15 is 0 Å². The van der Waals surface area contributed by atoms with Gasteiger partial charge in [-0.05, 0) is 30.3 Å². The second-order valence-corrected chi connectivity index (χ2v) is 6.29. The van der Waals surface area contributed by atoms with Crippen LogP contribution in [0.2, 0.25) is 0 Å². The summed E-state index contributed by atoms with van der Waals surface area (Å²) in [5.74, 6) is -2.24. The summed E-state index contributed by atoms with van der Waals surface area (Å²) in [5, 5.41) is 21.7. The number of nitrogens with one attached hydrogen (secondary N) is 2. The fourth-order valence-electron chi connectivity index (χ4n) is 2.67. The minimum atomic E-state index is -3.04. The number of aromatic nitrogens is 2. The number of esters is 1. The number of halogens is 2. The normalized spacial score (nSPS) is 11.6. The molecule has 2 aromatic carbocycles. The standard InChI is InChI=1S/C21H16F2N4O5/c22-21(23)32-13-5-3-4-12(8-13)20(30)25-10-18(29)31-11-17(28)14(9-24)19-26-15-6-1-2-7-16(15)27-19/h1-8,21,28H,10-11H2,(H,25,30)(H,26,27). The Morgan fingerprint density at radius 2 is 2.00 bits per heavy atom. The Hall–Kier alpha value is -4.46. The fraction of sp³-hybridized carbons (Fsp3) is 0.143. The maximum atomic E-state index is 12.3. The molecule has 9 nitrogen and oxygen atoms in total. The van der Waals surface area contributed by atoms with Gasteiger partial charge in [-0.2, -0.15) is 14.0 Å². The SMILES string of the molecule is N#CC(=C(O)COC(=O)CNC(=O)c1cccc(OC(F)F)c1)c1nc2ccccc2[nH]1. The number of benzene rings is 2. The number of hydrogen-bond acceptors (Lipinski definition) is 7. The highest BCUT2D eigenvalue weighted by molar-refractivity contribution is 5.96. The van der Waals surface area contributed by atoms with Gasteiger partial charge in [0, 0.05) is 5.56 Å². The highest BCUT2D eigenvalue weighted by Gasteiger charge is 2.16. The summed E-state index contributed by atoms with van der Waals surface area (Å²) in [7, 11) is 0. The van der Waals surface area contributed by atoms with Gasteiger partial charge in [-0.3, -0.25) is 9.59 Å². The van der Waals surface area contributed by atoms with Gasteiger partial charge in [0.2, 0.25) is 0 Å². The first-order valence-corrected chi connectivity index (χ1v) is 9.13. The van der Waals surface area contributed by atoms with E-state index in [1.165, 1.54) is 18.2 Å². The third kappa shape index (κ3) is 5.57. The molecule has 0 unspecified atom stereocenters. The predicted molar refractivity (Wildman–Crippen MR) is 108 cm³/mol. The number of rotatable bonds is 8. The summed E-state index contributed by atoms with van der Waals surface area (Å²) in [6, 6.07) is 13.8. The first-order valence-electron chi connectivity index (χ1n) is 9.13. The van der Waals surface area contributed by atoms with Gasteiger partial charge in [0.15, 0.2) is 11.6 Å². The smallest absolute Gasteiger partial charge is 0.387 e. The van der Waals surface area contributed by atoms with E-state index in [1.54, 1.807) is 30.3 Å². The number of imidazole rings is 1. The first kappa shape index (κ1) is 22.2. The Morgan fingerprint density at radius 3 is 2.72 bits per heavy atom. The number of nitriles is 1. The van der Waals surface area contributed by atoms with Crippen molar-refractivity contribution in [1.29, 1.82) is 5.26 Å². The molecule has 0 spiro atoms. The summed E-state index contributed by atoms with van der Waals surface area (Å²) < 4.78 is 33.6. The number of alkyl halides is 2. The van der Waals surface area contributed by atoms with Crippen LogP contribution in [0.3, 0.4) is 0 Å². The molecule has 164 valence electrons. The molecule has 1 amide bonds. The lowest BCUT2D eigenvalue weighted by molar-refractivity contribution is -0.142. The first-order chi connectivity index (χ1) is 15.4. The van der Waals surface area contributed by atoms with Crippen LogP contribution in [0.4, 0.5) is 8.78 Å². The van der Waals surface area contributed by atoms with Gasteiger partial charge in [-0.1, -0.05) is 18.2 Å². The van der Waals surface area contributed by atoms with Crippen LogP contribution < -0.4 is 10.1 Å². The average molecular weight is 442 g/mol. The van der Waals surface area contributed by atoms with Crippen LogP contribution in [0.5, 0.6) is 5.75 Å². The Morgan fingerprint density at radius 1 is 1.22 bits per heavy atom. The summed E-state index contributed by atoms with van der Waals surface area (Å²) in [4.78, 5) is 31.0. The number of allylic oxidation sites excluding steroid dienone is 1. The van der Waals surface area contributed by atoms with E-state index in [9.17, 15) is 28.7 Å². The minimum Gasteiger partial charge on any atom is -0.507 e. The summed E-state index contributed by atoms with van der Waals surface area (Å²) >= 11 is 0. The van der Waals surface area contributed by atoms with Crippen LogP contribution >= 0.6 is 0 Å². The lowest BCUT2D eigenvalue weighted by Gasteiger charge is -2.08. The number of ether oxygens (including phenoxy) is 2. The maximum absolute atomic E-state index is 12.3. The van der Waals surface area contributed by atoms with Gasteiger partial charge in [0.1, 0.15) is 30.5 Å². The molecule has 3 N–H and O–H groups in total. The molecule has 0 atom stereocenters. The van der Waals surface area contributed by atoms with Gasteiger partial charge < -0.3 is 24.9 Å². The van der Waals surface area contributed by atoms with Crippen LogP contribution in [0.25, 0.3) is 16.6 Å². The molecule has 0 fully saturated rings. The van der Waals surface area contributed by atoms with Crippen LogP contribution in [0.15, 0.2) is 54.3 Å². The highest BCUT2D eigenvalue weighted by Crippen LogP contribution is 2.19. The quantitative estimate of drug-likeness (QED) is 0.277. The third-order valence-electron chi connectivity index (χ3n) is 4.11. The number of H-pyrrole nitrogens is 1. The number of carbonyl (C=O) groups is 2. The molecule has 0 saturated carbocycles. The lowest BCUT2D eigenvalue weighted by atomic mass is 10.2. The number of nitrogens with zero attached hydrogens (tertiary/aromatic N) is 2. The molecule has 0 aliphatic carbocycles. The fourth-order valence-corrected chi connectivity index (χ4v) is 2.67. The number of aromatic amines is 1. The molecule has 11 heteroatoms. The average Bonchev–Trinajstić information content (AvgIpc) is 3.20. The van der Waals surface area contributed by atoms with E-state index in [-0.39, 0.29) is 22.7 Å². The van der Waals surface area contributed by atoms with Crippen LogP contribution in [0.1, 0.15) is 16.2 Å². The predicted octanol–water partition coefficient (Wildman–Crippen LogP) is 2.93. The third-order valence-corrected chi connectivity index (χ3v) is 4.11. The number of carbonyl (C=O) groups excluding carboxylic acids is 2. The van der Waals surface area contributed by atoms with Crippen LogP contribution in [0, 0.1) is 11.3 Å². The monoisotopic (exact) mass is 442 g/mol. The molecule has 32 heavy (non-hydrogen) atoms. The van der Waals surface area contributed by atoms with Gasteiger partial charge in [-0.25, -0.2) is 4.98 Å². The van der Waals surface area contributed by atoms with Crippen molar-refractivity contribution in [3.8, 4) is 11.8 Å². The number of amides is 1. The van der Waals surface area contributed by atoms with Crippen LogP contribution in [-0.2, 0) is 9.53 Å². The Labute approximate surface area is 179 Å². The Bertz CT molecular complexity index is 1180. The Kier molecular flexibility index (Phi) is 6.97. The van der Waals surface area contributed by atoms with Crippen molar-refractivity contribution in [2.45, 2.75) is 6.61 Å². The summed E-state index contributed by atoms with van der Waals surface area (Å²) in [6.07, 6.45) is 0. The van der Waals surface area contributed by atoms with Gasteiger partial charge in [-0.15, -0.1) is 0 Å². The van der Waals surface area contributed by atoms with Crippen molar-refractivity contribution in [3.63, 3.8) is 0 Å². The number of fused-ring (bicyclic) bond motifs is 1. The van der Waals surface area contributed by atoms with E-state index in [4.69, 9.17) is 4.74 Å². The molecule has 0 bridgehead atoms. The molecule has 0 saturated heterocycles. The van der Waals surface area contributed by atoms with Crippen molar-refractivity contribution in [3.05, 3.63) is 65.7 Å². The Balaban J connectivity index is 1.56. The highest BCUT2D eigenvalue weighted by atomic mass is 19.3. The summed E-state index contributed by atoms with van der Waals surface area (Å²) in [6.45, 7) is -4.22. The zero-order valence-electron chi connectivity index (χ0n) is 16.3. The number of hydrogen-bond donors (Lipinski definition) is 3. The van der Waals surface area contributed by atoms with Crippen molar-refractivity contribution < 1.29 is 33.0 Å². The lowest BCUT2D eigenvalue weighted by Crippen LogP contribution is -2.31. The summed E-state index contributed by atoms with van der Waals surface area (Å²) in [5.41, 5.74) is 1.04. The van der Waals surface area contributed by atoms with Gasteiger partial charge in [0.05, 0.1) is 11.0 Å². The molecule has 1 heterocycles. The number of aliphatic hydroxyl groups is 1. The molecular weight excluding hydrogens is 426 g/mol. The minimum absolute atomic E-state index is 0.00431. The molecule has 0 aliphatic rings. The second kappa shape index (κ2) is 10.0. The zero-order valence-corrected chi connectivity index (χ0v) is 16.3. The molecule has 1 aromatic heterocycles. The molecule has 0 radical (unpaired) electrons. The number of aliphatic hydroxyl groups excluding tert-OH is 1. The van der Waals surface area contributed by atoms with E-state index < -0.39 is 37.4 Å². The van der Waals surface area contributed by atoms with E-state index in [2.05, 4.69) is 20.0 Å². The second-order valence-electron chi connectivity index (χ2n) is 6.29. The van der Waals surface area contributed by atoms with Crippen molar-refractivity contribution in [1.82, 2.24) is 15.3 Å². The molecule has 3 rings (SSSR count). The number of para-hydroxylation sites is 2. The van der Waals surface area contributed by atoms with Crippen molar-refractivity contribution >= 4 is 28.5 Å². The van der Waals surface area contributed by atoms with Gasteiger partial charge >= 0.3 is 12.6 Å². The zero-order chi connectivity index (χ0) is 23.1. The van der Waals surface area contributed by atoms with Gasteiger partial charge in [0.25, 0.3) is 5.91 Å². The van der Waals surface area contributed by atoms with Crippen LogP contribution in [-0.4, -0.2) is 46.7 Å². The van der Waals surface area contributed by atoms with E-state index in [0.29, 0.717) is 11.0 Å². The maximum Gasteiger partial charge on any atom is 0.387 e. The van der Waals surface area contributed by atoms with E-state index in [1.807, 2.05) is 0 Å². The molecular formula is C21H16F2N4O5. The largest absolute Gasteiger partial charge is 0.507 e.